The van der Waals surface area contributed by atoms with Crippen LogP contribution in [0.25, 0.3) is 0 Å². The van der Waals surface area contributed by atoms with Crippen molar-refractivity contribution in [1.29, 1.82) is 0 Å². The summed E-state index contributed by atoms with van der Waals surface area (Å²) in [5, 5.41) is 9.24. The van der Waals surface area contributed by atoms with Gasteiger partial charge in [0.15, 0.2) is 0 Å². The zero-order valence-electron chi connectivity index (χ0n) is 23.5. The van der Waals surface area contributed by atoms with Crippen molar-refractivity contribution >= 4 is 17.7 Å². The Hall–Kier alpha value is -3.73. The highest BCUT2D eigenvalue weighted by Gasteiger charge is 2.23. The number of esters is 1. The summed E-state index contributed by atoms with van der Waals surface area (Å²) >= 11 is 0. The maximum atomic E-state index is 12.5. The SMILES string of the molecule is CC/C=C\C/C=C\C/C=C\C/C=C\C/C=C\C/C=C\CCC(=O)CC(CC)C(=O)Oc1ccccc1C(=O)O. The van der Waals surface area contributed by atoms with Crippen molar-refractivity contribution in [2.75, 3.05) is 0 Å². The van der Waals surface area contributed by atoms with Gasteiger partial charge in [0, 0.05) is 12.8 Å². The summed E-state index contributed by atoms with van der Waals surface area (Å²) in [6, 6.07) is 5.99. The van der Waals surface area contributed by atoms with Crippen molar-refractivity contribution in [2.24, 2.45) is 5.92 Å². The highest BCUT2D eigenvalue weighted by molar-refractivity contribution is 5.92. The first-order valence-corrected chi connectivity index (χ1v) is 13.9. The molecule has 0 spiro atoms. The quantitative estimate of drug-likeness (QED) is 0.103. The summed E-state index contributed by atoms with van der Waals surface area (Å²) in [4.78, 5) is 36.2. The van der Waals surface area contributed by atoms with Crippen molar-refractivity contribution in [3.63, 3.8) is 0 Å². The van der Waals surface area contributed by atoms with Gasteiger partial charge in [-0.05, 0) is 63.5 Å². The fourth-order valence-corrected chi connectivity index (χ4v) is 3.58. The molecule has 0 bridgehead atoms. The number of Topliss-reactive ketones (excluding diaryl/α,β-unsaturated/α-hetero) is 1. The van der Waals surface area contributed by atoms with Gasteiger partial charge in [0.2, 0.25) is 0 Å². The van der Waals surface area contributed by atoms with Crippen LogP contribution in [0, 0.1) is 5.92 Å². The third kappa shape index (κ3) is 16.7. The smallest absolute Gasteiger partial charge is 0.339 e. The summed E-state index contributed by atoms with van der Waals surface area (Å²) < 4.78 is 5.30. The number of carbonyl (C=O) groups excluding carboxylic acids is 2. The topological polar surface area (TPSA) is 80.7 Å². The lowest BCUT2D eigenvalue weighted by Gasteiger charge is -2.14. The molecular formula is C34H44O5. The maximum Gasteiger partial charge on any atom is 0.339 e. The number of carboxylic acid groups (broad SMARTS) is 1. The van der Waals surface area contributed by atoms with E-state index in [2.05, 4.69) is 67.7 Å². The van der Waals surface area contributed by atoms with Crippen LogP contribution in [0.15, 0.2) is 97.2 Å². The minimum atomic E-state index is -1.17. The third-order valence-electron chi connectivity index (χ3n) is 5.81. The average Bonchev–Trinajstić information content (AvgIpc) is 2.93. The fourth-order valence-electron chi connectivity index (χ4n) is 3.58. The van der Waals surface area contributed by atoms with Crippen LogP contribution in [0.1, 0.15) is 88.4 Å². The number of aromatic carboxylic acids is 1. The Morgan fingerprint density at radius 1 is 0.744 bits per heavy atom. The number of benzene rings is 1. The second kappa shape index (κ2) is 22.3. The molecule has 0 aromatic heterocycles. The predicted octanol–water partition coefficient (Wildman–Crippen LogP) is 8.75. The van der Waals surface area contributed by atoms with Crippen LogP contribution in [-0.4, -0.2) is 22.8 Å². The zero-order valence-corrected chi connectivity index (χ0v) is 23.5. The first-order valence-electron chi connectivity index (χ1n) is 13.9. The minimum Gasteiger partial charge on any atom is -0.478 e. The molecule has 0 heterocycles. The highest BCUT2D eigenvalue weighted by Crippen LogP contribution is 2.21. The van der Waals surface area contributed by atoms with Crippen molar-refractivity contribution in [3.8, 4) is 5.75 Å². The second-order valence-electron chi connectivity index (χ2n) is 9.02. The molecule has 5 heteroatoms. The Morgan fingerprint density at radius 3 is 1.72 bits per heavy atom. The summed E-state index contributed by atoms with van der Waals surface area (Å²) in [5.41, 5.74) is -0.0790. The Kier molecular flexibility index (Phi) is 19.0. The Bertz CT molecular complexity index is 1040. The van der Waals surface area contributed by atoms with E-state index in [0.717, 1.165) is 38.5 Å². The molecule has 0 aliphatic heterocycles. The molecule has 5 nitrogen and oxygen atoms in total. The van der Waals surface area contributed by atoms with E-state index in [1.54, 1.807) is 12.1 Å². The lowest BCUT2D eigenvalue weighted by atomic mass is 9.97. The lowest BCUT2D eigenvalue weighted by Crippen LogP contribution is -2.23. The molecule has 0 fully saturated rings. The van der Waals surface area contributed by atoms with Gasteiger partial charge in [-0.15, -0.1) is 0 Å². The average molecular weight is 533 g/mol. The summed E-state index contributed by atoms with van der Waals surface area (Å²) in [7, 11) is 0. The summed E-state index contributed by atoms with van der Waals surface area (Å²) in [5.74, 6) is -2.35. The fraction of sp³-hybridized carbons (Fsp3) is 0.382. The first-order chi connectivity index (χ1) is 19.0. The maximum absolute atomic E-state index is 12.5. The van der Waals surface area contributed by atoms with Gasteiger partial charge in [0.25, 0.3) is 0 Å². The summed E-state index contributed by atoms with van der Waals surface area (Å²) in [6.07, 6.45) is 32.9. The van der Waals surface area contributed by atoms with Gasteiger partial charge in [-0.3, -0.25) is 9.59 Å². The monoisotopic (exact) mass is 532 g/mol. The van der Waals surface area contributed by atoms with E-state index in [4.69, 9.17) is 4.74 Å². The number of hydrogen-bond acceptors (Lipinski definition) is 4. The number of carbonyl (C=O) groups is 3. The molecule has 0 amide bonds. The third-order valence-corrected chi connectivity index (χ3v) is 5.81. The first kappa shape index (κ1) is 33.3. The predicted molar refractivity (Wildman–Crippen MR) is 160 cm³/mol. The summed E-state index contributed by atoms with van der Waals surface area (Å²) in [6.45, 7) is 3.95. The number of para-hydroxylation sites is 1. The largest absolute Gasteiger partial charge is 0.478 e. The molecule has 0 saturated carbocycles. The number of allylic oxidation sites excluding steroid dienone is 12. The van der Waals surface area contributed by atoms with Gasteiger partial charge in [0.1, 0.15) is 17.1 Å². The lowest BCUT2D eigenvalue weighted by molar-refractivity contribution is -0.141. The minimum absolute atomic E-state index is 0.00104. The van der Waals surface area contributed by atoms with E-state index < -0.39 is 17.9 Å². The molecule has 1 aromatic carbocycles. The normalized spacial score (nSPS) is 13.1. The number of carboxylic acids is 1. The van der Waals surface area contributed by atoms with Crippen LogP contribution >= 0.6 is 0 Å². The van der Waals surface area contributed by atoms with Crippen LogP contribution in [0.5, 0.6) is 5.75 Å². The molecule has 0 saturated heterocycles. The highest BCUT2D eigenvalue weighted by atomic mass is 16.5. The molecule has 1 atom stereocenters. The molecule has 210 valence electrons. The van der Waals surface area contributed by atoms with E-state index in [1.807, 2.05) is 19.1 Å². The van der Waals surface area contributed by atoms with Gasteiger partial charge in [-0.1, -0.05) is 98.9 Å². The molecule has 0 aliphatic carbocycles. The molecule has 39 heavy (non-hydrogen) atoms. The molecule has 1 N–H and O–H groups in total. The van der Waals surface area contributed by atoms with Crippen molar-refractivity contribution in [3.05, 3.63) is 103 Å². The number of ether oxygens (including phenoxy) is 1. The molecular weight excluding hydrogens is 488 g/mol. The van der Waals surface area contributed by atoms with E-state index in [0.29, 0.717) is 19.3 Å². The zero-order chi connectivity index (χ0) is 28.6. The molecule has 1 aromatic rings. The number of ketones is 1. The Labute approximate surface area is 234 Å². The number of hydrogen-bond donors (Lipinski definition) is 1. The van der Waals surface area contributed by atoms with Gasteiger partial charge >= 0.3 is 11.9 Å². The van der Waals surface area contributed by atoms with Crippen LogP contribution < -0.4 is 4.74 Å². The van der Waals surface area contributed by atoms with E-state index >= 15 is 0 Å². The van der Waals surface area contributed by atoms with Crippen LogP contribution in [0.3, 0.4) is 0 Å². The molecule has 1 rings (SSSR count). The van der Waals surface area contributed by atoms with Gasteiger partial charge in [-0.2, -0.15) is 0 Å². The Morgan fingerprint density at radius 2 is 1.23 bits per heavy atom. The molecule has 1 unspecified atom stereocenters. The van der Waals surface area contributed by atoms with Gasteiger partial charge in [-0.25, -0.2) is 4.79 Å². The van der Waals surface area contributed by atoms with E-state index in [1.165, 1.54) is 12.1 Å². The standard InChI is InChI=1S/C34H44O5/c1-3-5-6-7-8-9-10-11-12-13-14-15-16-17-18-19-20-21-22-25-30(35)28-29(4-2)34(38)39-32-27-24-23-26-31(32)33(36)37/h5-6,8-9,11-12,14-15,17-18,20-21,23-24,26-27,29H,3-4,7,10,13,16,19,22,25,28H2,1-2H3,(H,36,37)/b6-5-,9-8-,12-11-,15-14-,18-17-,21-20-. The second-order valence-corrected chi connectivity index (χ2v) is 9.02. The van der Waals surface area contributed by atoms with Crippen molar-refractivity contribution in [1.82, 2.24) is 0 Å². The van der Waals surface area contributed by atoms with Crippen LogP contribution in [-0.2, 0) is 9.59 Å². The van der Waals surface area contributed by atoms with Crippen LogP contribution in [0.2, 0.25) is 0 Å². The van der Waals surface area contributed by atoms with Gasteiger partial charge < -0.3 is 9.84 Å². The van der Waals surface area contributed by atoms with Crippen LogP contribution in [0.4, 0.5) is 0 Å². The molecule has 0 aliphatic rings. The van der Waals surface area contributed by atoms with Crippen molar-refractivity contribution < 1.29 is 24.2 Å². The van der Waals surface area contributed by atoms with E-state index in [-0.39, 0.29) is 23.5 Å². The van der Waals surface area contributed by atoms with Crippen molar-refractivity contribution in [2.45, 2.75) is 78.1 Å². The molecule has 0 radical (unpaired) electrons. The van der Waals surface area contributed by atoms with Gasteiger partial charge in [0.05, 0.1) is 5.92 Å². The van der Waals surface area contributed by atoms with E-state index in [9.17, 15) is 19.5 Å². The Balaban J connectivity index is 2.21. The number of rotatable bonds is 20.